The summed E-state index contributed by atoms with van der Waals surface area (Å²) in [5, 5.41) is 1.19. The molecule has 2 aromatic carbocycles. The van der Waals surface area contributed by atoms with E-state index >= 15 is 0 Å². The molecule has 0 spiro atoms. The Bertz CT molecular complexity index is 856. The fraction of sp³-hybridized carbons (Fsp3) is 0.211. The van der Waals surface area contributed by atoms with E-state index in [1.54, 1.807) is 4.90 Å². The van der Waals surface area contributed by atoms with Crippen LogP contribution < -0.4 is 4.74 Å². The van der Waals surface area contributed by atoms with Gasteiger partial charge >= 0.3 is 162 Å². The zero-order valence-corrected chi connectivity index (χ0v) is 17.5. The molecular weight excluding hydrogens is 480 g/mol. The number of amides is 1. The first-order valence-corrected chi connectivity index (χ1v) is 10.7. The van der Waals surface area contributed by atoms with Crippen molar-refractivity contribution >= 4 is 52.8 Å². The Morgan fingerprint density at radius 1 is 1.08 bits per heavy atom. The molecule has 3 nitrogen and oxygen atoms in total. The first kappa shape index (κ1) is 17.5. The Labute approximate surface area is 161 Å². The monoisotopic (exact) mass is 499 g/mol. The molecule has 0 saturated heterocycles. The van der Waals surface area contributed by atoms with Crippen molar-refractivity contribution in [1.82, 2.24) is 4.90 Å². The summed E-state index contributed by atoms with van der Waals surface area (Å²) in [5.74, 6) is 0.699. The first-order chi connectivity index (χ1) is 11.7. The van der Waals surface area contributed by atoms with Crippen LogP contribution in [0.1, 0.15) is 13.8 Å². The van der Waals surface area contributed by atoms with Gasteiger partial charge in [0.15, 0.2) is 0 Å². The SMILES string of the molecule is CCN(CC)C(=O)Oc1cccc2c(I)c(-c3ccccc3)[se]c12. The Kier molecular flexibility index (Phi) is 5.64. The average Bonchev–Trinajstić information content (AvgIpc) is 2.95. The summed E-state index contributed by atoms with van der Waals surface area (Å²) in [7, 11) is 0. The van der Waals surface area contributed by atoms with E-state index < -0.39 is 0 Å². The van der Waals surface area contributed by atoms with Crippen molar-refractivity contribution in [3.63, 3.8) is 0 Å². The Balaban J connectivity index is 2.03. The van der Waals surface area contributed by atoms with Gasteiger partial charge in [0, 0.05) is 0 Å². The van der Waals surface area contributed by atoms with E-state index in [0.717, 1.165) is 4.26 Å². The molecule has 0 bridgehead atoms. The van der Waals surface area contributed by atoms with Crippen LogP contribution in [-0.4, -0.2) is 38.6 Å². The molecule has 0 fully saturated rings. The van der Waals surface area contributed by atoms with Crippen molar-refractivity contribution in [1.29, 1.82) is 0 Å². The third-order valence-corrected chi connectivity index (χ3v) is 8.48. The summed E-state index contributed by atoms with van der Waals surface area (Å²) in [6.07, 6.45) is -0.271. The fourth-order valence-electron chi connectivity index (χ4n) is 2.56. The van der Waals surface area contributed by atoms with E-state index in [4.69, 9.17) is 4.74 Å². The third kappa shape index (κ3) is 3.39. The number of carbonyl (C=O) groups is 1. The summed E-state index contributed by atoms with van der Waals surface area (Å²) in [5.41, 5.74) is 1.25. The van der Waals surface area contributed by atoms with Gasteiger partial charge in [0.25, 0.3) is 0 Å². The second-order valence-electron chi connectivity index (χ2n) is 5.28. The summed E-state index contributed by atoms with van der Waals surface area (Å²) in [6, 6.07) is 16.4. The zero-order chi connectivity index (χ0) is 17.1. The van der Waals surface area contributed by atoms with Crippen molar-refractivity contribution in [2.45, 2.75) is 13.8 Å². The van der Waals surface area contributed by atoms with Gasteiger partial charge in [-0.25, -0.2) is 0 Å². The summed E-state index contributed by atoms with van der Waals surface area (Å²) >= 11 is 2.54. The van der Waals surface area contributed by atoms with Crippen molar-refractivity contribution < 1.29 is 9.53 Å². The first-order valence-electron chi connectivity index (χ1n) is 7.88. The van der Waals surface area contributed by atoms with Crippen LogP contribution in [0.3, 0.4) is 0 Å². The molecule has 24 heavy (non-hydrogen) atoms. The number of benzene rings is 2. The van der Waals surface area contributed by atoms with Crippen molar-refractivity contribution in [3.05, 3.63) is 52.1 Å². The Morgan fingerprint density at radius 3 is 2.46 bits per heavy atom. The summed E-state index contributed by atoms with van der Waals surface area (Å²) in [6.45, 7) is 5.23. The minimum absolute atomic E-state index is 0.132. The normalized spacial score (nSPS) is 10.8. The van der Waals surface area contributed by atoms with Gasteiger partial charge in [0.1, 0.15) is 0 Å². The predicted octanol–water partition coefficient (Wildman–Crippen LogP) is 5.01. The minimum atomic E-state index is -0.271. The average molecular weight is 498 g/mol. The van der Waals surface area contributed by atoms with Crippen LogP contribution in [0.15, 0.2) is 48.5 Å². The number of fused-ring (bicyclic) bond motifs is 1. The number of rotatable bonds is 4. The van der Waals surface area contributed by atoms with E-state index in [-0.39, 0.29) is 20.6 Å². The van der Waals surface area contributed by atoms with Gasteiger partial charge in [-0.2, -0.15) is 0 Å². The van der Waals surface area contributed by atoms with E-state index in [1.807, 2.05) is 32.0 Å². The van der Waals surface area contributed by atoms with Crippen molar-refractivity contribution in [2.24, 2.45) is 0 Å². The molecule has 0 radical (unpaired) electrons. The van der Waals surface area contributed by atoms with E-state index in [1.165, 1.54) is 19.0 Å². The number of ether oxygens (including phenoxy) is 1. The number of halogens is 1. The maximum atomic E-state index is 12.3. The molecule has 124 valence electrons. The molecule has 0 unspecified atom stereocenters. The van der Waals surface area contributed by atoms with E-state index in [9.17, 15) is 4.79 Å². The predicted molar refractivity (Wildman–Crippen MR) is 108 cm³/mol. The quantitative estimate of drug-likeness (QED) is 0.374. The van der Waals surface area contributed by atoms with Gasteiger partial charge in [0.05, 0.1) is 0 Å². The topological polar surface area (TPSA) is 29.5 Å². The number of nitrogens with zero attached hydrogens (tertiary/aromatic N) is 1. The second-order valence-corrected chi connectivity index (χ2v) is 8.50. The van der Waals surface area contributed by atoms with Crippen LogP contribution >= 0.6 is 22.6 Å². The maximum absolute atomic E-state index is 12.3. The van der Waals surface area contributed by atoms with E-state index in [0.29, 0.717) is 18.8 Å². The molecular formula is C19H18INO2Se. The molecule has 1 amide bonds. The fourth-order valence-corrected chi connectivity index (χ4v) is 6.71. The molecule has 1 heterocycles. The van der Waals surface area contributed by atoms with Crippen LogP contribution in [0.5, 0.6) is 5.75 Å². The van der Waals surface area contributed by atoms with Gasteiger partial charge in [-0.1, -0.05) is 0 Å². The molecule has 0 aliphatic carbocycles. The van der Waals surface area contributed by atoms with Gasteiger partial charge in [0.2, 0.25) is 0 Å². The van der Waals surface area contributed by atoms with Crippen LogP contribution in [0, 0.1) is 3.57 Å². The van der Waals surface area contributed by atoms with Crippen molar-refractivity contribution in [3.8, 4) is 15.8 Å². The van der Waals surface area contributed by atoms with Gasteiger partial charge in [-0.05, 0) is 0 Å². The molecule has 3 aromatic rings. The van der Waals surface area contributed by atoms with Crippen LogP contribution in [0.2, 0.25) is 0 Å². The van der Waals surface area contributed by atoms with Crippen LogP contribution in [0.25, 0.3) is 19.6 Å². The van der Waals surface area contributed by atoms with Crippen LogP contribution in [-0.2, 0) is 0 Å². The summed E-state index contributed by atoms with van der Waals surface area (Å²) in [4.78, 5) is 14.0. The summed E-state index contributed by atoms with van der Waals surface area (Å²) < 4.78 is 9.48. The molecule has 0 saturated carbocycles. The van der Waals surface area contributed by atoms with Crippen LogP contribution in [0.4, 0.5) is 4.79 Å². The number of carbonyl (C=O) groups excluding carboxylic acids is 1. The molecule has 0 aliphatic rings. The van der Waals surface area contributed by atoms with Gasteiger partial charge in [-0.15, -0.1) is 0 Å². The standard InChI is InChI=1S/C19H18INO2Se/c1-3-21(4-2)19(22)23-15-12-8-11-14-16(20)17(24-18(14)15)13-9-6-5-7-10-13/h5-12H,3-4H2,1-2H3. The Hall–Kier alpha value is -1.30. The van der Waals surface area contributed by atoms with Gasteiger partial charge in [-0.3, -0.25) is 0 Å². The number of hydrogen-bond acceptors (Lipinski definition) is 2. The molecule has 0 N–H and O–H groups in total. The van der Waals surface area contributed by atoms with E-state index in [2.05, 4.69) is 52.9 Å². The second kappa shape index (κ2) is 7.72. The molecule has 0 aliphatic heterocycles. The molecule has 1 aromatic heterocycles. The van der Waals surface area contributed by atoms with Gasteiger partial charge < -0.3 is 0 Å². The molecule has 0 atom stereocenters. The Morgan fingerprint density at radius 2 is 1.79 bits per heavy atom. The molecule has 5 heteroatoms. The number of hydrogen-bond donors (Lipinski definition) is 0. The third-order valence-electron chi connectivity index (χ3n) is 3.87. The molecule has 3 rings (SSSR count). The van der Waals surface area contributed by atoms with Crippen molar-refractivity contribution in [2.75, 3.05) is 13.1 Å². The zero-order valence-electron chi connectivity index (χ0n) is 13.6.